The second kappa shape index (κ2) is 47.3. The lowest BCUT2D eigenvalue weighted by Gasteiger charge is -2.07. The third-order valence-electron chi connectivity index (χ3n) is 13.6. The lowest BCUT2D eigenvalue weighted by atomic mass is 10.0. The molecular formula is C56H111N2+. The Bertz CT molecular complexity index is 887. The van der Waals surface area contributed by atoms with Crippen LogP contribution in [0.15, 0.2) is 12.4 Å². The molecule has 0 saturated carbocycles. The largest absolute Gasteiger partial charge is 0.256 e. The number of aromatic nitrogens is 2. The molecule has 1 heterocycles. The zero-order chi connectivity index (χ0) is 41.5. The lowest BCUT2D eigenvalue weighted by Crippen LogP contribution is -2.37. The Kier molecular flexibility index (Phi) is 45.0. The number of nitrogens with zero attached hydrogens (tertiary/aromatic N) is 2. The summed E-state index contributed by atoms with van der Waals surface area (Å²) >= 11 is 0. The van der Waals surface area contributed by atoms with Gasteiger partial charge in [-0.25, -0.2) is 9.13 Å². The molecule has 0 radical (unpaired) electrons. The third kappa shape index (κ3) is 38.2. The number of hydrogen-bond acceptors (Lipinski definition) is 0. The van der Waals surface area contributed by atoms with Crippen molar-refractivity contribution in [3.63, 3.8) is 0 Å². The summed E-state index contributed by atoms with van der Waals surface area (Å²) in [5.41, 5.74) is 0. The molecule has 0 aliphatic carbocycles. The SMILES string of the molecule is CCCCCCCCCCCCCCCCCCC[n+]1ccn(CCCCCCCCCCCCCCCC)c1CCCCCCCCCCCCCCCCCC. The maximum absolute atomic E-state index is 2.67. The summed E-state index contributed by atoms with van der Waals surface area (Å²) in [5, 5.41) is 0. The van der Waals surface area contributed by atoms with Crippen molar-refractivity contribution in [2.45, 2.75) is 342 Å². The standard InChI is InChI=1S/C56H111N2/c1-4-7-10-13-16-19-22-25-28-30-32-35-38-41-44-47-50-53-58-55-54-57(52-49-46-43-40-37-34-27-24-21-18-15-12-9-6-3)56(58)51-48-45-42-39-36-33-31-29-26-23-20-17-14-11-8-5-2/h54-55H,4-53H2,1-3H3/q+1. The van der Waals surface area contributed by atoms with E-state index in [2.05, 4.69) is 42.3 Å². The van der Waals surface area contributed by atoms with Crippen LogP contribution in [0.5, 0.6) is 0 Å². The minimum absolute atomic E-state index is 1.23. The molecule has 1 aromatic heterocycles. The van der Waals surface area contributed by atoms with Gasteiger partial charge in [-0.05, 0) is 32.1 Å². The monoisotopic (exact) mass is 812 g/mol. The van der Waals surface area contributed by atoms with Crippen molar-refractivity contribution in [3.8, 4) is 0 Å². The van der Waals surface area contributed by atoms with E-state index in [0.717, 1.165) is 0 Å². The minimum atomic E-state index is 1.23. The molecule has 0 unspecified atom stereocenters. The Labute approximate surface area is 368 Å². The number of unbranched alkanes of at least 4 members (excludes halogenated alkanes) is 44. The van der Waals surface area contributed by atoms with Gasteiger partial charge in [-0.3, -0.25) is 0 Å². The van der Waals surface area contributed by atoms with E-state index < -0.39 is 0 Å². The normalized spacial score (nSPS) is 11.7. The van der Waals surface area contributed by atoms with Crippen LogP contribution in [0.25, 0.3) is 0 Å². The molecule has 0 spiro atoms. The Balaban J connectivity index is 2.24. The summed E-state index contributed by atoms with van der Waals surface area (Å²) in [6, 6.07) is 0. The highest BCUT2D eigenvalue weighted by molar-refractivity contribution is 4.84. The molecule has 0 amide bonds. The Morgan fingerprint density at radius 2 is 0.534 bits per heavy atom. The Hall–Kier alpha value is -0.790. The van der Waals surface area contributed by atoms with Crippen molar-refractivity contribution < 1.29 is 4.57 Å². The van der Waals surface area contributed by atoms with Crippen molar-refractivity contribution in [2.24, 2.45) is 0 Å². The minimum Gasteiger partial charge on any atom is -0.234 e. The fraction of sp³-hybridized carbons (Fsp3) is 0.946. The van der Waals surface area contributed by atoms with Crippen molar-refractivity contribution in [1.82, 2.24) is 4.57 Å². The maximum Gasteiger partial charge on any atom is 0.256 e. The van der Waals surface area contributed by atoms with Gasteiger partial charge in [0.2, 0.25) is 0 Å². The summed E-state index contributed by atoms with van der Waals surface area (Å²) in [6.07, 6.45) is 74.3. The van der Waals surface area contributed by atoms with Gasteiger partial charge < -0.3 is 0 Å². The van der Waals surface area contributed by atoms with Gasteiger partial charge in [-0.15, -0.1) is 0 Å². The molecule has 0 atom stereocenters. The zero-order valence-electron chi connectivity index (χ0n) is 40.9. The van der Waals surface area contributed by atoms with Crippen LogP contribution < -0.4 is 4.57 Å². The molecule has 0 bridgehead atoms. The quantitative estimate of drug-likeness (QED) is 0.0458. The number of aryl methyl sites for hydroxylation is 2. The van der Waals surface area contributed by atoms with E-state index in [1.807, 2.05) is 0 Å². The van der Waals surface area contributed by atoms with Crippen LogP contribution in [-0.4, -0.2) is 4.57 Å². The second-order valence-electron chi connectivity index (χ2n) is 19.4. The molecule has 2 nitrogen and oxygen atoms in total. The third-order valence-corrected chi connectivity index (χ3v) is 13.6. The zero-order valence-corrected chi connectivity index (χ0v) is 40.9. The van der Waals surface area contributed by atoms with E-state index in [9.17, 15) is 0 Å². The van der Waals surface area contributed by atoms with Crippen molar-refractivity contribution in [1.29, 1.82) is 0 Å². The number of imidazole rings is 1. The second-order valence-corrected chi connectivity index (χ2v) is 19.4. The molecule has 0 aliphatic heterocycles. The molecule has 0 aromatic carbocycles. The summed E-state index contributed by atoms with van der Waals surface area (Å²) in [7, 11) is 0. The van der Waals surface area contributed by atoms with E-state index in [1.54, 1.807) is 5.82 Å². The molecule has 0 aliphatic rings. The fourth-order valence-corrected chi connectivity index (χ4v) is 9.51. The highest BCUT2D eigenvalue weighted by Crippen LogP contribution is 2.18. The van der Waals surface area contributed by atoms with E-state index in [1.165, 1.54) is 321 Å². The van der Waals surface area contributed by atoms with Crippen LogP contribution >= 0.6 is 0 Å². The first-order valence-electron chi connectivity index (χ1n) is 27.9. The van der Waals surface area contributed by atoms with Gasteiger partial charge in [0, 0.05) is 6.42 Å². The molecule has 344 valence electrons. The first-order valence-corrected chi connectivity index (χ1v) is 27.9. The van der Waals surface area contributed by atoms with Gasteiger partial charge >= 0.3 is 0 Å². The van der Waals surface area contributed by atoms with Crippen LogP contribution in [0, 0.1) is 0 Å². The Morgan fingerprint density at radius 1 is 0.293 bits per heavy atom. The average molecular weight is 813 g/mol. The molecule has 2 heteroatoms. The summed E-state index contributed by atoms with van der Waals surface area (Å²) in [5.74, 6) is 1.64. The molecule has 0 saturated heterocycles. The maximum atomic E-state index is 2.67. The van der Waals surface area contributed by atoms with Crippen molar-refractivity contribution in [3.05, 3.63) is 18.2 Å². The summed E-state index contributed by atoms with van der Waals surface area (Å²) in [4.78, 5) is 0. The van der Waals surface area contributed by atoms with E-state index in [0.29, 0.717) is 0 Å². The molecule has 1 aromatic rings. The predicted octanol–water partition coefficient (Wildman–Crippen LogP) is 19.7. The van der Waals surface area contributed by atoms with Gasteiger partial charge in [0.15, 0.2) is 0 Å². The van der Waals surface area contributed by atoms with Gasteiger partial charge in [-0.1, -0.05) is 290 Å². The van der Waals surface area contributed by atoms with E-state index >= 15 is 0 Å². The number of rotatable bonds is 50. The van der Waals surface area contributed by atoms with Crippen LogP contribution in [0.2, 0.25) is 0 Å². The lowest BCUT2D eigenvalue weighted by molar-refractivity contribution is -0.704. The smallest absolute Gasteiger partial charge is 0.234 e. The van der Waals surface area contributed by atoms with Gasteiger partial charge in [0.25, 0.3) is 5.82 Å². The topological polar surface area (TPSA) is 8.81 Å². The molecule has 1 rings (SSSR count). The average Bonchev–Trinajstić information content (AvgIpc) is 3.62. The summed E-state index contributed by atoms with van der Waals surface area (Å²) in [6.45, 7) is 9.42. The highest BCUT2D eigenvalue weighted by atomic mass is 15.1. The number of hydrogen-bond donors (Lipinski definition) is 0. The predicted molar refractivity (Wildman–Crippen MR) is 262 cm³/mol. The van der Waals surface area contributed by atoms with Crippen LogP contribution in [0.4, 0.5) is 0 Å². The van der Waals surface area contributed by atoms with Crippen molar-refractivity contribution >= 4 is 0 Å². The molecule has 58 heavy (non-hydrogen) atoms. The van der Waals surface area contributed by atoms with E-state index in [4.69, 9.17) is 0 Å². The van der Waals surface area contributed by atoms with Gasteiger partial charge in [0.05, 0.1) is 13.1 Å². The van der Waals surface area contributed by atoms with Crippen LogP contribution in [0.1, 0.15) is 328 Å². The Morgan fingerprint density at radius 3 is 0.828 bits per heavy atom. The molecular weight excluding hydrogens is 701 g/mol. The molecule has 0 N–H and O–H groups in total. The molecule has 0 fully saturated rings. The van der Waals surface area contributed by atoms with E-state index in [-0.39, 0.29) is 0 Å². The van der Waals surface area contributed by atoms with Crippen LogP contribution in [-0.2, 0) is 19.5 Å². The summed E-state index contributed by atoms with van der Waals surface area (Å²) < 4.78 is 5.33. The van der Waals surface area contributed by atoms with Crippen LogP contribution in [0.3, 0.4) is 0 Å². The highest BCUT2D eigenvalue weighted by Gasteiger charge is 2.16. The van der Waals surface area contributed by atoms with Gasteiger partial charge in [0.1, 0.15) is 12.4 Å². The first-order chi connectivity index (χ1) is 28.8. The first kappa shape index (κ1) is 55.2. The van der Waals surface area contributed by atoms with Crippen molar-refractivity contribution in [2.75, 3.05) is 0 Å². The van der Waals surface area contributed by atoms with Gasteiger partial charge in [-0.2, -0.15) is 0 Å². The fourth-order valence-electron chi connectivity index (χ4n) is 9.51.